The van der Waals surface area contributed by atoms with Gasteiger partial charge in [0.2, 0.25) is 0 Å². The van der Waals surface area contributed by atoms with E-state index < -0.39 is 0 Å². The summed E-state index contributed by atoms with van der Waals surface area (Å²) in [5.74, 6) is 3.88. The Morgan fingerprint density at radius 1 is 0.956 bits per heavy atom. The molecule has 45 heavy (non-hydrogen) atoms. The molecule has 252 valence electrons. The van der Waals surface area contributed by atoms with Crippen LogP contribution in [0.4, 0.5) is 0 Å². The first kappa shape index (κ1) is 40.5. The molecule has 1 nitrogen and oxygen atoms in total. The third-order valence-electron chi connectivity index (χ3n) is 9.60. The lowest BCUT2D eigenvalue weighted by atomic mass is 9.81. The van der Waals surface area contributed by atoms with Gasteiger partial charge in [0.1, 0.15) is 0 Å². The zero-order valence-corrected chi connectivity index (χ0v) is 31.7. The van der Waals surface area contributed by atoms with Crippen molar-refractivity contribution in [3.05, 3.63) is 109 Å². The fourth-order valence-electron chi connectivity index (χ4n) is 7.33. The van der Waals surface area contributed by atoms with Crippen molar-refractivity contribution in [1.82, 2.24) is 5.32 Å². The maximum absolute atomic E-state index is 4.60. The smallest absolute Gasteiger partial charge is 0.0502 e. The number of fused-ring (bicyclic) bond motifs is 1. The molecule has 1 aromatic carbocycles. The summed E-state index contributed by atoms with van der Waals surface area (Å²) in [5, 5.41) is 3.68. The molecule has 1 saturated carbocycles. The lowest BCUT2D eigenvalue weighted by Crippen LogP contribution is -2.37. The highest BCUT2D eigenvalue weighted by Gasteiger charge is 2.59. The molecule has 1 N–H and O–H groups in total. The normalized spacial score (nSPS) is 20.2. The van der Waals surface area contributed by atoms with Crippen LogP contribution < -0.4 is 5.32 Å². The van der Waals surface area contributed by atoms with Gasteiger partial charge in [0.15, 0.2) is 0 Å². The zero-order valence-electron chi connectivity index (χ0n) is 31.7. The first-order valence-electron chi connectivity index (χ1n) is 17.5. The largest absolute Gasteiger partial charge is 0.382 e. The third-order valence-corrected chi connectivity index (χ3v) is 9.60. The molecule has 5 unspecified atom stereocenters. The minimum atomic E-state index is 0.286. The van der Waals surface area contributed by atoms with Gasteiger partial charge in [-0.3, -0.25) is 0 Å². The fraction of sp³-hybridized carbons (Fsp3) is 0.591. The average Bonchev–Trinajstić information content (AvgIpc) is 3.24. The van der Waals surface area contributed by atoms with Gasteiger partial charge >= 0.3 is 0 Å². The quantitative estimate of drug-likeness (QED) is 0.163. The van der Waals surface area contributed by atoms with Crippen molar-refractivity contribution < 1.29 is 0 Å². The number of rotatable bonds is 14. The molecule has 1 fully saturated rings. The van der Waals surface area contributed by atoms with E-state index in [0.717, 1.165) is 53.9 Å². The number of hydrogen-bond donors (Lipinski definition) is 1. The second-order valence-electron chi connectivity index (χ2n) is 16.8. The second kappa shape index (κ2) is 17.4. The lowest BCUT2D eigenvalue weighted by molar-refractivity contribution is 0.386. The van der Waals surface area contributed by atoms with Gasteiger partial charge in [-0.1, -0.05) is 157 Å². The molecule has 3 rings (SSSR count). The topological polar surface area (TPSA) is 12.0 Å². The molecule has 0 radical (unpaired) electrons. The van der Waals surface area contributed by atoms with E-state index in [2.05, 4.69) is 152 Å². The summed E-state index contributed by atoms with van der Waals surface area (Å²) in [6, 6.07) is 9.17. The van der Waals surface area contributed by atoms with Crippen molar-refractivity contribution in [2.75, 3.05) is 0 Å². The minimum Gasteiger partial charge on any atom is -0.382 e. The Balaban J connectivity index is 0.000000495. The van der Waals surface area contributed by atoms with Gasteiger partial charge in [0, 0.05) is 5.70 Å². The van der Waals surface area contributed by atoms with Crippen LogP contribution in [-0.2, 0) is 12.8 Å². The molecule has 0 bridgehead atoms. The van der Waals surface area contributed by atoms with E-state index in [1.54, 1.807) is 6.08 Å². The van der Waals surface area contributed by atoms with Crippen LogP contribution in [0, 0.1) is 46.3 Å². The van der Waals surface area contributed by atoms with Crippen LogP contribution in [0.25, 0.3) is 0 Å². The zero-order chi connectivity index (χ0) is 34.9. The highest BCUT2D eigenvalue weighted by atomic mass is 14.9. The molecule has 0 aromatic heterocycles. The Morgan fingerprint density at radius 2 is 1.44 bits per heavy atom. The van der Waals surface area contributed by atoms with E-state index in [1.807, 2.05) is 0 Å². The van der Waals surface area contributed by atoms with Crippen LogP contribution in [0.1, 0.15) is 113 Å². The van der Waals surface area contributed by atoms with Gasteiger partial charge in [-0.15, -0.1) is 0 Å². The summed E-state index contributed by atoms with van der Waals surface area (Å²) in [6.45, 7) is 51.6. The number of nitrogens with one attached hydrogen (secondary N) is 1. The van der Waals surface area contributed by atoms with Crippen molar-refractivity contribution in [3.63, 3.8) is 0 Å². The maximum Gasteiger partial charge on any atom is 0.0502 e. The Labute approximate surface area is 281 Å². The average molecular weight is 614 g/mol. The third kappa shape index (κ3) is 13.0. The van der Waals surface area contributed by atoms with Crippen LogP contribution >= 0.6 is 0 Å². The van der Waals surface area contributed by atoms with Crippen LogP contribution in [-0.4, -0.2) is 6.04 Å². The monoisotopic (exact) mass is 614 g/mol. The highest BCUT2D eigenvalue weighted by Crippen LogP contribution is 2.65. The Bertz CT molecular complexity index is 1150. The molecular formula is C44H71N. The molecule has 5 atom stereocenters. The molecule has 2 aliphatic rings. The van der Waals surface area contributed by atoms with Gasteiger partial charge in [-0.2, -0.15) is 0 Å². The number of benzene rings is 1. The summed E-state index contributed by atoms with van der Waals surface area (Å²) in [4.78, 5) is 0. The van der Waals surface area contributed by atoms with Gasteiger partial charge in [0.25, 0.3) is 0 Å². The number of hydrogen-bond acceptors (Lipinski definition) is 1. The maximum atomic E-state index is 4.60. The molecule has 0 spiro atoms. The molecule has 0 aliphatic heterocycles. The van der Waals surface area contributed by atoms with E-state index in [9.17, 15) is 0 Å². The van der Waals surface area contributed by atoms with Crippen LogP contribution in [0.5, 0.6) is 0 Å². The van der Waals surface area contributed by atoms with E-state index in [-0.39, 0.29) is 6.04 Å². The van der Waals surface area contributed by atoms with Crippen molar-refractivity contribution in [2.45, 2.75) is 121 Å². The van der Waals surface area contributed by atoms with Gasteiger partial charge in [-0.25, -0.2) is 0 Å². The minimum absolute atomic E-state index is 0.286. The summed E-state index contributed by atoms with van der Waals surface area (Å²) < 4.78 is 0. The van der Waals surface area contributed by atoms with Gasteiger partial charge < -0.3 is 5.32 Å². The lowest BCUT2D eigenvalue weighted by Gasteiger charge is -2.31. The Hall–Kier alpha value is -2.54. The Morgan fingerprint density at radius 3 is 1.80 bits per heavy atom. The molecule has 1 aromatic rings. The van der Waals surface area contributed by atoms with Gasteiger partial charge in [0.05, 0.1) is 6.04 Å². The number of allylic oxidation sites excluding steroid dienone is 5. The Kier molecular flexibility index (Phi) is 15.7. The first-order chi connectivity index (χ1) is 20.6. The summed E-state index contributed by atoms with van der Waals surface area (Å²) in [7, 11) is 0. The van der Waals surface area contributed by atoms with Crippen molar-refractivity contribution in [2.24, 2.45) is 46.3 Å². The van der Waals surface area contributed by atoms with E-state index in [0.29, 0.717) is 28.6 Å². The predicted molar refractivity (Wildman–Crippen MR) is 204 cm³/mol. The molecule has 0 heterocycles. The van der Waals surface area contributed by atoms with Crippen molar-refractivity contribution >= 4 is 0 Å². The summed E-state index contributed by atoms with van der Waals surface area (Å²) in [6.07, 6.45) is 7.51. The summed E-state index contributed by atoms with van der Waals surface area (Å²) in [5.41, 5.74) is 9.71. The molecule has 2 aliphatic carbocycles. The SMILES string of the molecule is C=C(C)NC(C(=C)CC(C(=C)C)C1C(CC)C1(C)C)C1Cc2ccccc2C1.C=CC(=C)C(=C)C(C)CC(C)C.CC(C)(C)C. The molecule has 0 amide bonds. The standard InChI is InChI=1S/C27H39N.C12H20.C5H12/c1-9-24-25(27(24,7)8)23(17(2)3)14-19(6)26(28-18(4)5)22-15-20-12-10-11-13-21(20)16-22;1-7-10(4)12(6)11(5)8-9(2)3;1-5(2,3)4/h10-13,22-26,28H,2,4,6,9,14-16H2,1,3,5,7-8H3;7,9,11H,1,4,6,8H2,2-3,5H3;1-4H3. The van der Waals surface area contributed by atoms with Crippen LogP contribution in [0.3, 0.4) is 0 Å². The van der Waals surface area contributed by atoms with Crippen LogP contribution in [0.15, 0.2) is 97.8 Å². The van der Waals surface area contributed by atoms with Crippen molar-refractivity contribution in [3.8, 4) is 0 Å². The van der Waals surface area contributed by atoms with Crippen molar-refractivity contribution in [1.29, 1.82) is 0 Å². The fourth-order valence-corrected chi connectivity index (χ4v) is 7.33. The van der Waals surface area contributed by atoms with Crippen LogP contribution in [0.2, 0.25) is 0 Å². The van der Waals surface area contributed by atoms with E-state index in [4.69, 9.17) is 0 Å². The second-order valence-corrected chi connectivity index (χ2v) is 16.8. The predicted octanol–water partition coefficient (Wildman–Crippen LogP) is 12.7. The molecule has 1 heteroatoms. The van der Waals surface area contributed by atoms with E-state index in [1.165, 1.54) is 35.1 Å². The molecular weight excluding hydrogens is 542 g/mol. The van der Waals surface area contributed by atoms with E-state index >= 15 is 0 Å². The molecule has 0 saturated heterocycles. The van der Waals surface area contributed by atoms with Gasteiger partial charge in [-0.05, 0) is 108 Å². The first-order valence-corrected chi connectivity index (χ1v) is 17.5. The highest BCUT2D eigenvalue weighted by molar-refractivity contribution is 5.36. The summed E-state index contributed by atoms with van der Waals surface area (Å²) >= 11 is 0.